The molecular weight excluding hydrogens is 431 g/mol. The highest BCUT2D eigenvalue weighted by molar-refractivity contribution is 7.90. The molecule has 0 N–H and O–H groups in total. The fourth-order valence-corrected chi connectivity index (χ4v) is 3.71. The highest BCUT2D eigenvalue weighted by Gasteiger charge is 2.32. The van der Waals surface area contributed by atoms with Crippen LogP contribution >= 0.6 is 0 Å². The van der Waals surface area contributed by atoms with Gasteiger partial charge in [-0.3, -0.25) is 0 Å². The molecule has 0 saturated carbocycles. The summed E-state index contributed by atoms with van der Waals surface area (Å²) in [5.74, 6) is 0.951. The minimum Gasteiger partial charge on any atom is -0.609 e. The predicted octanol–water partition coefficient (Wildman–Crippen LogP) is 4.68. The maximum atomic E-state index is 13.1. The molecule has 3 aromatic rings. The topological polar surface area (TPSA) is 72.2 Å². The van der Waals surface area contributed by atoms with Crippen molar-refractivity contribution in [2.45, 2.75) is 44.6 Å². The van der Waals surface area contributed by atoms with Crippen molar-refractivity contribution in [3.8, 4) is 11.6 Å². The Labute approximate surface area is 181 Å². The summed E-state index contributed by atoms with van der Waals surface area (Å²) >= 11 is -1.56. The molecule has 1 aromatic carbocycles. The van der Waals surface area contributed by atoms with E-state index in [1.165, 1.54) is 23.1 Å². The number of hydrogen-bond acceptors (Lipinski definition) is 5. The Morgan fingerprint density at radius 2 is 1.97 bits per heavy atom. The first-order valence-electron chi connectivity index (χ1n) is 9.77. The number of fused-ring (bicyclic) bond motifs is 1. The average Bonchev–Trinajstić information content (AvgIpc) is 3.10. The standard InChI is InChI=1S/C21H24F3N3O3S/c1-5-13(2)29-10-11-30-18-8-9-25-19(14(18)3)27-17-7-6-15(21(22,23)24)12-16(17)26-20(27)31(4)28/h6-9,12-13H,5,10-11H2,1-4H3. The van der Waals surface area contributed by atoms with E-state index in [4.69, 9.17) is 9.47 Å². The number of rotatable bonds is 8. The Balaban J connectivity index is 2.00. The van der Waals surface area contributed by atoms with Gasteiger partial charge in [0.15, 0.2) is 0 Å². The second kappa shape index (κ2) is 9.46. The Bertz CT molecular complexity index is 1050. The van der Waals surface area contributed by atoms with Crippen LogP contribution in [-0.4, -0.2) is 44.7 Å². The minimum absolute atomic E-state index is 0.0921. The highest BCUT2D eigenvalue weighted by atomic mass is 32.2. The van der Waals surface area contributed by atoms with Gasteiger partial charge in [0.2, 0.25) is 0 Å². The van der Waals surface area contributed by atoms with Crippen molar-refractivity contribution < 1.29 is 27.2 Å². The number of ether oxygens (including phenoxy) is 2. The lowest BCUT2D eigenvalue weighted by atomic mass is 10.2. The fourth-order valence-electron chi connectivity index (χ4n) is 3.04. The van der Waals surface area contributed by atoms with Crippen LogP contribution in [0.4, 0.5) is 13.2 Å². The maximum absolute atomic E-state index is 13.1. The van der Waals surface area contributed by atoms with Crippen LogP contribution in [-0.2, 0) is 22.1 Å². The largest absolute Gasteiger partial charge is 0.609 e. The van der Waals surface area contributed by atoms with Crippen LogP contribution in [0.15, 0.2) is 35.6 Å². The highest BCUT2D eigenvalue weighted by Crippen LogP contribution is 2.34. The summed E-state index contributed by atoms with van der Waals surface area (Å²) < 4.78 is 64.6. The quantitative estimate of drug-likeness (QED) is 0.364. The van der Waals surface area contributed by atoms with E-state index in [0.717, 1.165) is 18.6 Å². The van der Waals surface area contributed by atoms with Gasteiger partial charge in [0, 0.05) is 22.9 Å². The Morgan fingerprint density at radius 3 is 2.61 bits per heavy atom. The van der Waals surface area contributed by atoms with E-state index in [-0.39, 0.29) is 16.8 Å². The Kier molecular flexibility index (Phi) is 7.13. The maximum Gasteiger partial charge on any atom is 0.416 e. The molecule has 0 bridgehead atoms. The number of benzene rings is 1. The van der Waals surface area contributed by atoms with E-state index in [0.29, 0.717) is 35.9 Å². The monoisotopic (exact) mass is 455 g/mol. The Hall–Kier alpha value is -2.30. The van der Waals surface area contributed by atoms with E-state index in [9.17, 15) is 17.7 Å². The summed E-state index contributed by atoms with van der Waals surface area (Å²) in [4.78, 5) is 8.57. The van der Waals surface area contributed by atoms with E-state index in [2.05, 4.69) is 9.97 Å². The van der Waals surface area contributed by atoms with Crippen LogP contribution in [0.3, 0.4) is 0 Å². The first kappa shape index (κ1) is 23.4. The summed E-state index contributed by atoms with van der Waals surface area (Å²) in [6, 6.07) is 4.94. The lowest BCUT2D eigenvalue weighted by molar-refractivity contribution is -0.137. The normalized spacial score (nSPS) is 14.1. The third kappa shape index (κ3) is 5.13. The van der Waals surface area contributed by atoms with Crippen molar-refractivity contribution in [1.29, 1.82) is 0 Å². The molecule has 6 nitrogen and oxygen atoms in total. The summed E-state index contributed by atoms with van der Waals surface area (Å²) in [7, 11) is 0. The van der Waals surface area contributed by atoms with Gasteiger partial charge in [-0.25, -0.2) is 9.55 Å². The first-order chi connectivity index (χ1) is 14.6. The second-order valence-electron chi connectivity index (χ2n) is 7.08. The molecule has 0 spiro atoms. The van der Waals surface area contributed by atoms with Gasteiger partial charge >= 0.3 is 11.3 Å². The van der Waals surface area contributed by atoms with Gasteiger partial charge in [-0.1, -0.05) is 6.92 Å². The lowest BCUT2D eigenvalue weighted by Crippen LogP contribution is -2.14. The van der Waals surface area contributed by atoms with Crippen LogP contribution in [0.1, 0.15) is 31.4 Å². The van der Waals surface area contributed by atoms with Crippen molar-refractivity contribution in [2.75, 3.05) is 19.5 Å². The molecule has 0 amide bonds. The molecule has 0 fully saturated rings. The summed E-state index contributed by atoms with van der Waals surface area (Å²) in [6.07, 6.45) is -0.504. The zero-order valence-corrected chi connectivity index (χ0v) is 18.5. The molecule has 31 heavy (non-hydrogen) atoms. The molecule has 10 heteroatoms. The van der Waals surface area contributed by atoms with Gasteiger partial charge in [0.05, 0.1) is 29.3 Å². The predicted molar refractivity (Wildman–Crippen MR) is 112 cm³/mol. The van der Waals surface area contributed by atoms with Gasteiger partial charge in [-0.15, -0.1) is 0 Å². The molecule has 3 rings (SSSR count). The lowest BCUT2D eigenvalue weighted by Gasteiger charge is -2.15. The minimum atomic E-state index is -4.50. The number of imidazole rings is 1. The fraction of sp³-hybridized carbons (Fsp3) is 0.429. The van der Waals surface area contributed by atoms with Crippen LogP contribution in [0, 0.1) is 6.92 Å². The van der Waals surface area contributed by atoms with Crippen LogP contribution < -0.4 is 4.74 Å². The first-order valence-corrected chi connectivity index (χ1v) is 11.3. The average molecular weight is 456 g/mol. The van der Waals surface area contributed by atoms with Crippen molar-refractivity contribution in [2.24, 2.45) is 0 Å². The smallest absolute Gasteiger partial charge is 0.416 e. The van der Waals surface area contributed by atoms with Crippen LogP contribution in [0.5, 0.6) is 5.75 Å². The molecule has 2 aromatic heterocycles. The van der Waals surface area contributed by atoms with Crippen molar-refractivity contribution in [1.82, 2.24) is 14.5 Å². The van der Waals surface area contributed by atoms with E-state index < -0.39 is 22.9 Å². The van der Waals surface area contributed by atoms with Gasteiger partial charge in [-0.05, 0) is 44.5 Å². The van der Waals surface area contributed by atoms with Gasteiger partial charge in [-0.2, -0.15) is 18.2 Å². The van der Waals surface area contributed by atoms with Gasteiger partial charge < -0.3 is 14.0 Å². The summed E-state index contributed by atoms with van der Waals surface area (Å²) in [5.41, 5.74) is 0.304. The molecule has 2 unspecified atom stereocenters. The number of pyridine rings is 1. The molecule has 0 saturated heterocycles. The van der Waals surface area contributed by atoms with E-state index in [1.807, 2.05) is 13.8 Å². The molecule has 0 aliphatic rings. The third-order valence-corrected chi connectivity index (χ3v) is 5.65. The molecular formula is C21H24F3N3O3S. The van der Waals surface area contributed by atoms with Crippen LogP contribution in [0.25, 0.3) is 16.9 Å². The number of nitrogens with zero attached hydrogens (tertiary/aromatic N) is 3. The molecule has 2 heterocycles. The summed E-state index contributed by atoms with van der Waals surface area (Å²) in [6.45, 7) is 6.56. The van der Waals surface area contributed by atoms with E-state index in [1.54, 1.807) is 13.0 Å². The zero-order chi connectivity index (χ0) is 22.8. The number of aromatic nitrogens is 3. The van der Waals surface area contributed by atoms with Crippen molar-refractivity contribution in [3.05, 3.63) is 41.6 Å². The molecule has 168 valence electrons. The van der Waals surface area contributed by atoms with Gasteiger partial charge in [0.25, 0.3) is 0 Å². The third-order valence-electron chi connectivity index (χ3n) is 4.87. The Morgan fingerprint density at radius 1 is 1.23 bits per heavy atom. The number of hydrogen-bond donors (Lipinski definition) is 0. The molecule has 2 atom stereocenters. The zero-order valence-electron chi connectivity index (χ0n) is 17.7. The van der Waals surface area contributed by atoms with E-state index >= 15 is 0 Å². The SMILES string of the molecule is CCC(C)OCCOc1ccnc(-n2c([S+](C)[O-])nc3cc(C(F)(F)F)ccc32)c1C. The number of alkyl halides is 3. The number of halogens is 3. The molecule has 0 aliphatic carbocycles. The molecule has 0 aliphatic heterocycles. The van der Waals surface area contributed by atoms with Gasteiger partial charge in [0.1, 0.15) is 24.4 Å². The molecule has 0 radical (unpaired) electrons. The summed E-state index contributed by atoms with van der Waals surface area (Å²) in [5, 5.41) is 0.113. The second-order valence-corrected chi connectivity index (χ2v) is 8.35. The van der Waals surface area contributed by atoms with Crippen LogP contribution in [0.2, 0.25) is 0 Å². The van der Waals surface area contributed by atoms with Crippen molar-refractivity contribution in [3.63, 3.8) is 0 Å². The van der Waals surface area contributed by atoms with Crippen molar-refractivity contribution >= 4 is 22.2 Å².